The van der Waals surface area contributed by atoms with Crippen molar-refractivity contribution in [2.45, 2.75) is 18.8 Å². The van der Waals surface area contributed by atoms with Crippen molar-refractivity contribution in [3.63, 3.8) is 0 Å². The van der Waals surface area contributed by atoms with Gasteiger partial charge in [-0.05, 0) is 12.5 Å². The number of hydrogen-bond donors (Lipinski definition) is 1. The van der Waals surface area contributed by atoms with Crippen LogP contribution in [-0.4, -0.2) is 25.3 Å². The minimum Gasteiger partial charge on any atom is -0.497 e. The Morgan fingerprint density at radius 2 is 2.12 bits per heavy atom. The third kappa shape index (κ3) is 1.84. The van der Waals surface area contributed by atoms with Gasteiger partial charge in [-0.15, -0.1) is 0 Å². The first kappa shape index (κ1) is 11.8. The molecule has 0 spiro atoms. The molecule has 0 amide bonds. The quantitative estimate of drug-likeness (QED) is 0.869. The van der Waals surface area contributed by atoms with E-state index >= 15 is 0 Å². The molecule has 4 heteroatoms. The Labute approximate surface area is 100 Å². The molecule has 1 fully saturated rings. The first-order chi connectivity index (χ1) is 8.02. The number of rotatable bonds is 4. The fourth-order valence-electron chi connectivity index (χ4n) is 2.29. The topological polar surface area (TPSA) is 55.8 Å². The van der Waals surface area contributed by atoms with Gasteiger partial charge in [-0.2, -0.15) is 0 Å². The number of carboxylic acids is 1. The summed E-state index contributed by atoms with van der Waals surface area (Å²) >= 11 is 0. The zero-order valence-corrected chi connectivity index (χ0v) is 10.2. The zero-order valence-electron chi connectivity index (χ0n) is 10.2. The van der Waals surface area contributed by atoms with Crippen LogP contribution in [0, 0.1) is 5.92 Å². The molecular formula is C13H16O4. The number of methoxy groups -OCH3 is 2. The maximum absolute atomic E-state index is 11.0. The molecule has 1 saturated carbocycles. The van der Waals surface area contributed by atoms with Crippen molar-refractivity contribution in [3.05, 3.63) is 23.8 Å². The van der Waals surface area contributed by atoms with E-state index in [1.807, 2.05) is 19.1 Å². The molecule has 4 nitrogen and oxygen atoms in total. The Kier molecular flexibility index (Phi) is 2.73. The second-order valence-corrected chi connectivity index (χ2v) is 4.58. The molecule has 2 atom stereocenters. The van der Waals surface area contributed by atoms with Gasteiger partial charge in [-0.25, -0.2) is 0 Å². The fourth-order valence-corrected chi connectivity index (χ4v) is 2.29. The van der Waals surface area contributed by atoms with Crippen LogP contribution in [0.3, 0.4) is 0 Å². The second-order valence-electron chi connectivity index (χ2n) is 4.58. The lowest BCUT2D eigenvalue weighted by Crippen LogP contribution is -2.12. The normalized spacial score (nSPS) is 26.4. The van der Waals surface area contributed by atoms with E-state index in [4.69, 9.17) is 14.6 Å². The third-order valence-electron chi connectivity index (χ3n) is 3.56. The van der Waals surface area contributed by atoms with Gasteiger partial charge in [0.1, 0.15) is 11.5 Å². The van der Waals surface area contributed by atoms with E-state index in [0.29, 0.717) is 17.9 Å². The van der Waals surface area contributed by atoms with Crippen molar-refractivity contribution in [2.75, 3.05) is 14.2 Å². The van der Waals surface area contributed by atoms with E-state index < -0.39 is 5.97 Å². The van der Waals surface area contributed by atoms with Crippen LogP contribution in [0.2, 0.25) is 0 Å². The summed E-state index contributed by atoms with van der Waals surface area (Å²) in [6.07, 6.45) is 0.658. The van der Waals surface area contributed by atoms with Gasteiger partial charge < -0.3 is 14.6 Å². The lowest BCUT2D eigenvalue weighted by molar-refractivity contribution is -0.138. The molecule has 1 aliphatic rings. The Bertz CT molecular complexity index is 455. The highest BCUT2D eigenvalue weighted by molar-refractivity contribution is 5.77. The number of ether oxygens (including phenoxy) is 2. The summed E-state index contributed by atoms with van der Waals surface area (Å²) in [6, 6.07) is 5.51. The highest BCUT2D eigenvalue weighted by atomic mass is 16.5. The van der Waals surface area contributed by atoms with Crippen molar-refractivity contribution in [1.82, 2.24) is 0 Å². The molecule has 0 aromatic heterocycles. The van der Waals surface area contributed by atoms with E-state index in [0.717, 1.165) is 5.56 Å². The molecule has 0 aliphatic heterocycles. The molecule has 1 aromatic carbocycles. The van der Waals surface area contributed by atoms with Gasteiger partial charge >= 0.3 is 5.97 Å². The molecule has 92 valence electrons. The molecular weight excluding hydrogens is 220 g/mol. The first-order valence-corrected chi connectivity index (χ1v) is 5.48. The number of benzene rings is 1. The summed E-state index contributed by atoms with van der Waals surface area (Å²) < 4.78 is 10.4. The van der Waals surface area contributed by atoms with Gasteiger partial charge in [-0.3, -0.25) is 4.79 Å². The van der Waals surface area contributed by atoms with Gasteiger partial charge in [0.2, 0.25) is 0 Å². The Morgan fingerprint density at radius 1 is 1.41 bits per heavy atom. The molecule has 17 heavy (non-hydrogen) atoms. The number of hydrogen-bond acceptors (Lipinski definition) is 3. The van der Waals surface area contributed by atoms with Crippen molar-refractivity contribution in [3.8, 4) is 11.5 Å². The summed E-state index contributed by atoms with van der Waals surface area (Å²) in [6.45, 7) is 1.95. The number of aliphatic carboxylic acids is 1. The van der Waals surface area contributed by atoms with Gasteiger partial charge in [0.05, 0.1) is 20.1 Å². The maximum Gasteiger partial charge on any atom is 0.307 e. The SMILES string of the molecule is COc1ccc(C2(C)CC2C(=O)O)c(OC)c1. The van der Waals surface area contributed by atoms with Crippen LogP contribution in [-0.2, 0) is 10.2 Å². The van der Waals surface area contributed by atoms with Gasteiger partial charge in [0.25, 0.3) is 0 Å². The number of carbonyl (C=O) groups is 1. The minimum absolute atomic E-state index is 0.315. The van der Waals surface area contributed by atoms with Crippen molar-refractivity contribution < 1.29 is 19.4 Å². The van der Waals surface area contributed by atoms with Crippen LogP contribution in [0.5, 0.6) is 11.5 Å². The standard InChI is InChI=1S/C13H16O4/c1-13(7-10(13)12(14)15)9-5-4-8(16-2)6-11(9)17-3/h4-6,10H,7H2,1-3H3,(H,14,15). The fraction of sp³-hybridized carbons (Fsp3) is 0.462. The van der Waals surface area contributed by atoms with Crippen LogP contribution in [0.25, 0.3) is 0 Å². The lowest BCUT2D eigenvalue weighted by atomic mass is 9.94. The van der Waals surface area contributed by atoms with Gasteiger partial charge in [0, 0.05) is 17.0 Å². The molecule has 1 N–H and O–H groups in total. The molecule has 0 bridgehead atoms. The Morgan fingerprint density at radius 3 is 2.59 bits per heavy atom. The van der Waals surface area contributed by atoms with Crippen molar-refractivity contribution in [1.29, 1.82) is 0 Å². The number of carboxylic acid groups (broad SMARTS) is 1. The largest absolute Gasteiger partial charge is 0.497 e. The predicted molar refractivity (Wildman–Crippen MR) is 62.6 cm³/mol. The molecule has 1 aromatic rings. The Balaban J connectivity index is 2.37. The van der Waals surface area contributed by atoms with Crippen LogP contribution < -0.4 is 9.47 Å². The van der Waals surface area contributed by atoms with E-state index in [1.165, 1.54) is 0 Å². The van der Waals surface area contributed by atoms with Crippen LogP contribution in [0.1, 0.15) is 18.9 Å². The summed E-state index contributed by atoms with van der Waals surface area (Å²) in [5.41, 5.74) is 0.622. The molecule has 0 heterocycles. The van der Waals surface area contributed by atoms with E-state index in [2.05, 4.69) is 0 Å². The average Bonchev–Trinajstić information content (AvgIpc) is 3.02. The smallest absolute Gasteiger partial charge is 0.307 e. The lowest BCUT2D eigenvalue weighted by Gasteiger charge is -2.16. The first-order valence-electron chi connectivity index (χ1n) is 5.48. The van der Waals surface area contributed by atoms with Crippen molar-refractivity contribution >= 4 is 5.97 Å². The highest BCUT2D eigenvalue weighted by Crippen LogP contribution is 2.56. The third-order valence-corrected chi connectivity index (χ3v) is 3.56. The van der Waals surface area contributed by atoms with Crippen molar-refractivity contribution in [2.24, 2.45) is 5.92 Å². The second kappa shape index (κ2) is 3.95. The highest BCUT2D eigenvalue weighted by Gasteiger charge is 2.57. The van der Waals surface area contributed by atoms with Crippen LogP contribution in [0.4, 0.5) is 0 Å². The molecule has 1 aliphatic carbocycles. The molecule has 2 rings (SSSR count). The summed E-state index contributed by atoms with van der Waals surface area (Å²) in [4.78, 5) is 11.0. The van der Waals surface area contributed by atoms with Gasteiger partial charge in [-0.1, -0.05) is 13.0 Å². The summed E-state index contributed by atoms with van der Waals surface area (Å²) in [5.74, 6) is 0.340. The monoisotopic (exact) mass is 236 g/mol. The van der Waals surface area contributed by atoms with Crippen LogP contribution >= 0.6 is 0 Å². The predicted octanol–water partition coefficient (Wildman–Crippen LogP) is 2.07. The summed E-state index contributed by atoms with van der Waals surface area (Å²) in [5, 5.41) is 9.05. The van der Waals surface area contributed by atoms with E-state index in [9.17, 15) is 4.79 Å². The van der Waals surface area contributed by atoms with Crippen LogP contribution in [0.15, 0.2) is 18.2 Å². The Hall–Kier alpha value is -1.71. The molecule has 0 radical (unpaired) electrons. The molecule has 2 unspecified atom stereocenters. The zero-order chi connectivity index (χ0) is 12.6. The summed E-state index contributed by atoms with van der Waals surface area (Å²) in [7, 11) is 3.17. The minimum atomic E-state index is -0.745. The average molecular weight is 236 g/mol. The maximum atomic E-state index is 11.0. The van der Waals surface area contributed by atoms with E-state index in [1.54, 1.807) is 20.3 Å². The van der Waals surface area contributed by atoms with Gasteiger partial charge in [0.15, 0.2) is 0 Å². The van der Waals surface area contributed by atoms with E-state index in [-0.39, 0.29) is 11.3 Å². The molecule has 0 saturated heterocycles.